The highest BCUT2D eigenvalue weighted by molar-refractivity contribution is 7.92. The number of amides is 1. The van der Waals surface area contributed by atoms with Crippen LogP contribution in [0.3, 0.4) is 0 Å². The average molecular weight is 647 g/mol. The first kappa shape index (κ1) is 32.1. The molecule has 0 radical (unpaired) electrons. The zero-order valence-corrected chi connectivity index (χ0v) is 23.0. The molecular weight excluding hydrogens is 625 g/mol. The first-order chi connectivity index (χ1) is 20.4. The van der Waals surface area contributed by atoms with Crippen LogP contribution in [0.4, 0.5) is 48.1 Å². The van der Waals surface area contributed by atoms with Gasteiger partial charge in [0.25, 0.3) is 5.91 Å². The number of carbonyl (C=O) groups is 1. The largest absolute Gasteiger partial charge is 0.484 e. The molecule has 0 saturated heterocycles. The van der Waals surface area contributed by atoms with Crippen LogP contribution < -0.4 is 20.5 Å². The molecule has 4 aromatic rings. The Labute approximate surface area is 244 Å². The number of aromatic nitrogens is 3. The van der Waals surface area contributed by atoms with E-state index < -0.39 is 57.3 Å². The quantitative estimate of drug-likeness (QED) is 0.156. The Morgan fingerprint density at radius 2 is 1.73 bits per heavy atom. The van der Waals surface area contributed by atoms with Gasteiger partial charge in [-0.1, -0.05) is 24.3 Å². The first-order valence-corrected chi connectivity index (χ1v) is 13.9. The van der Waals surface area contributed by atoms with E-state index in [2.05, 4.69) is 20.5 Å². The normalized spacial score (nSPS) is 12.9. The van der Waals surface area contributed by atoms with Crippen molar-refractivity contribution in [1.29, 1.82) is 0 Å². The summed E-state index contributed by atoms with van der Waals surface area (Å²) < 4.78 is 123. The molecule has 0 aliphatic carbocycles. The lowest BCUT2D eigenvalue weighted by molar-refractivity contribution is -0.141. The van der Waals surface area contributed by atoms with Crippen LogP contribution in [0.2, 0.25) is 0 Å². The van der Waals surface area contributed by atoms with Crippen molar-refractivity contribution in [1.82, 2.24) is 15.2 Å². The van der Waals surface area contributed by atoms with Gasteiger partial charge in [-0.15, -0.1) is 0 Å². The zero-order valence-electron chi connectivity index (χ0n) is 22.2. The molecule has 0 saturated carbocycles. The molecule has 0 aliphatic rings. The summed E-state index contributed by atoms with van der Waals surface area (Å²) in [5, 5.41) is 8.88. The van der Waals surface area contributed by atoms with Crippen LogP contribution in [0.5, 0.6) is 5.75 Å². The monoisotopic (exact) mass is 646 g/mol. The number of hydrogen-bond donors (Lipinski definition) is 4. The van der Waals surface area contributed by atoms with E-state index in [9.17, 15) is 43.9 Å². The summed E-state index contributed by atoms with van der Waals surface area (Å²) in [4.78, 5) is 15.9. The Bertz CT molecular complexity index is 1770. The molecule has 2 aromatic carbocycles. The number of nitrogens with one attached hydrogen (secondary N) is 3. The minimum atomic E-state index is -5.06. The molecule has 2 heterocycles. The highest BCUT2D eigenvalue weighted by Crippen LogP contribution is 2.37. The number of sulfonamides is 1. The molecule has 5 N–H and O–H groups in total. The van der Waals surface area contributed by atoms with Gasteiger partial charge in [0.2, 0.25) is 10.0 Å². The van der Waals surface area contributed by atoms with Gasteiger partial charge in [-0.25, -0.2) is 17.8 Å². The number of carbonyl (C=O) groups excluding carboxylic acids is 1. The molecule has 1 unspecified atom stereocenters. The second-order valence-electron chi connectivity index (χ2n) is 9.22. The Balaban J connectivity index is 1.75. The lowest BCUT2D eigenvalue weighted by Gasteiger charge is -2.20. The van der Waals surface area contributed by atoms with Crippen LogP contribution in [0.25, 0.3) is 11.3 Å². The average Bonchev–Trinajstić information content (AvgIpc) is 3.32. The third-order valence-corrected chi connectivity index (χ3v) is 7.07. The van der Waals surface area contributed by atoms with E-state index in [4.69, 9.17) is 10.5 Å². The van der Waals surface area contributed by atoms with E-state index in [1.54, 1.807) is 0 Å². The number of hydrogen-bond acceptors (Lipinski definition) is 7. The molecule has 10 nitrogen and oxygen atoms in total. The predicted molar refractivity (Wildman–Crippen MR) is 144 cm³/mol. The van der Waals surface area contributed by atoms with Crippen LogP contribution in [0.1, 0.15) is 34.6 Å². The summed E-state index contributed by atoms with van der Waals surface area (Å²) in [6, 6.07) is 11.4. The fraction of sp³-hybridized carbons (Fsp3) is 0.192. The van der Waals surface area contributed by atoms with Gasteiger partial charge in [0.15, 0.2) is 11.6 Å². The summed E-state index contributed by atoms with van der Waals surface area (Å²) >= 11 is 0. The number of anilines is 3. The number of primary amides is 1. The minimum absolute atomic E-state index is 0.0661. The van der Waals surface area contributed by atoms with Crippen molar-refractivity contribution >= 4 is 33.3 Å². The van der Waals surface area contributed by atoms with Crippen molar-refractivity contribution in [3.63, 3.8) is 0 Å². The first-order valence-electron chi connectivity index (χ1n) is 12.2. The summed E-state index contributed by atoms with van der Waals surface area (Å²) in [6.45, 7) is 1.50. The van der Waals surface area contributed by atoms with Crippen molar-refractivity contribution in [2.75, 3.05) is 15.8 Å². The SMILES string of the molecule is CC(Oc1cc(-c2[nH]nc(Nc3cccc(C(F)(F)F)n3)c2C(N)=O)ccc1NS(=O)(=O)CC(F)(F)F)c1ccc(F)cc1. The minimum Gasteiger partial charge on any atom is -0.484 e. The molecule has 0 aliphatic heterocycles. The molecule has 1 amide bonds. The van der Waals surface area contributed by atoms with E-state index in [1.807, 2.05) is 4.72 Å². The maximum atomic E-state index is 13.4. The Morgan fingerprint density at radius 3 is 2.34 bits per heavy atom. The van der Waals surface area contributed by atoms with E-state index in [-0.39, 0.29) is 34.2 Å². The Hall–Kier alpha value is -4.87. The fourth-order valence-electron chi connectivity index (χ4n) is 3.94. The standard InChI is InChI=1S/C26H21F7N6O4S/c1-13(14-5-8-16(27)9-6-14)43-18-11-15(7-10-17(18)39-44(41,42)12-25(28,29)30)22-21(23(34)40)24(38-37-22)36-20-4-2-3-19(35-20)26(31,32)33/h2-11,13,39H,12H2,1H3,(H2,34,40)(H2,35,36,37,38). The van der Waals surface area contributed by atoms with Crippen LogP contribution in [-0.4, -0.2) is 41.4 Å². The molecule has 18 heteroatoms. The Kier molecular flexibility index (Phi) is 8.76. The highest BCUT2D eigenvalue weighted by atomic mass is 32.2. The predicted octanol–water partition coefficient (Wildman–Crippen LogP) is 5.92. The Morgan fingerprint density at radius 1 is 1.05 bits per heavy atom. The maximum Gasteiger partial charge on any atom is 0.433 e. The molecule has 234 valence electrons. The van der Waals surface area contributed by atoms with Gasteiger partial charge < -0.3 is 15.8 Å². The number of H-pyrrole nitrogens is 1. The lowest BCUT2D eigenvalue weighted by atomic mass is 10.1. The van der Waals surface area contributed by atoms with Crippen LogP contribution in [0, 0.1) is 5.82 Å². The number of benzene rings is 2. The molecule has 4 rings (SSSR count). The maximum absolute atomic E-state index is 13.4. The topological polar surface area (TPSA) is 152 Å². The third kappa shape index (κ3) is 7.94. The van der Waals surface area contributed by atoms with Crippen molar-refractivity contribution in [3.8, 4) is 17.0 Å². The number of aromatic amines is 1. The lowest BCUT2D eigenvalue weighted by Crippen LogP contribution is -2.28. The van der Waals surface area contributed by atoms with Crippen LogP contribution in [-0.2, 0) is 16.2 Å². The number of pyridine rings is 1. The molecule has 0 fully saturated rings. The van der Waals surface area contributed by atoms with Gasteiger partial charge in [0.1, 0.15) is 34.7 Å². The van der Waals surface area contributed by atoms with E-state index in [0.717, 1.165) is 36.4 Å². The number of nitrogens with zero attached hydrogens (tertiary/aromatic N) is 2. The van der Waals surface area contributed by atoms with Crippen molar-refractivity contribution in [2.24, 2.45) is 5.73 Å². The van der Waals surface area contributed by atoms with Crippen molar-refractivity contribution in [3.05, 3.63) is 83.3 Å². The third-order valence-electron chi connectivity index (χ3n) is 5.83. The number of nitrogens with two attached hydrogens (primary N) is 1. The summed E-state index contributed by atoms with van der Waals surface area (Å²) in [7, 11) is -4.96. The van der Waals surface area contributed by atoms with Gasteiger partial charge in [0, 0.05) is 5.56 Å². The van der Waals surface area contributed by atoms with Gasteiger partial charge in [-0.3, -0.25) is 14.6 Å². The number of halogens is 7. The smallest absolute Gasteiger partial charge is 0.433 e. The number of alkyl halides is 6. The molecule has 0 spiro atoms. The highest BCUT2D eigenvalue weighted by Gasteiger charge is 2.36. The van der Waals surface area contributed by atoms with Gasteiger partial charge >= 0.3 is 12.4 Å². The van der Waals surface area contributed by atoms with E-state index in [1.165, 1.54) is 31.2 Å². The number of rotatable bonds is 10. The second kappa shape index (κ2) is 12.0. The van der Waals surface area contributed by atoms with Crippen LogP contribution in [0.15, 0.2) is 60.7 Å². The number of ether oxygens (including phenoxy) is 1. The molecule has 0 bridgehead atoms. The van der Waals surface area contributed by atoms with E-state index in [0.29, 0.717) is 5.56 Å². The van der Waals surface area contributed by atoms with Gasteiger partial charge in [0.05, 0.1) is 11.4 Å². The summed E-state index contributed by atoms with van der Waals surface area (Å²) in [5.74, 6) is -4.76. The van der Waals surface area contributed by atoms with Crippen molar-refractivity contribution < 1.29 is 48.7 Å². The van der Waals surface area contributed by atoms with Crippen molar-refractivity contribution in [2.45, 2.75) is 25.4 Å². The molecule has 1 atom stereocenters. The van der Waals surface area contributed by atoms with E-state index >= 15 is 0 Å². The molecule has 44 heavy (non-hydrogen) atoms. The van der Waals surface area contributed by atoms with Crippen LogP contribution >= 0.6 is 0 Å². The second-order valence-corrected chi connectivity index (χ2v) is 10.9. The van der Waals surface area contributed by atoms with Gasteiger partial charge in [-0.05, 0) is 48.9 Å². The summed E-state index contributed by atoms with van der Waals surface area (Å²) in [5.41, 5.74) is 3.94. The fourth-order valence-corrected chi connectivity index (χ4v) is 4.94. The molecule has 2 aromatic heterocycles. The summed E-state index contributed by atoms with van der Waals surface area (Å²) in [6.07, 6.45) is -10.7. The zero-order chi connectivity index (χ0) is 32.4. The van der Waals surface area contributed by atoms with Gasteiger partial charge in [-0.2, -0.15) is 31.4 Å². The molecular formula is C26H21F7N6O4S.